The molecule has 8 heteroatoms. The van der Waals surface area contributed by atoms with Crippen LogP contribution in [0.5, 0.6) is 5.75 Å². The Morgan fingerprint density at radius 2 is 1.86 bits per heavy atom. The zero-order chi connectivity index (χ0) is 21.1. The number of hydrogen-bond donors (Lipinski definition) is 0. The smallest absolute Gasteiger partial charge is 0.330 e. The maximum absolute atomic E-state index is 13.5. The monoisotopic (exact) mass is 453 g/mol. The molecule has 2 unspecified atom stereocenters. The molecule has 1 amide bonds. The summed E-state index contributed by atoms with van der Waals surface area (Å²) in [4.78, 5) is 27.8. The van der Waals surface area contributed by atoms with E-state index >= 15 is 0 Å². The fraction of sp³-hybridized carbons (Fsp3) is 0.333. The Labute approximate surface area is 184 Å². The molecule has 2 aromatic rings. The predicted molar refractivity (Wildman–Crippen MR) is 116 cm³/mol. The largest absolute Gasteiger partial charge is 0.496 e. The number of thioether (sulfide) groups is 1. The van der Waals surface area contributed by atoms with E-state index in [2.05, 4.69) is 0 Å². The van der Waals surface area contributed by atoms with Gasteiger partial charge in [0.1, 0.15) is 17.2 Å². The summed E-state index contributed by atoms with van der Waals surface area (Å²) in [6, 6.07) is 11.4. The fourth-order valence-electron chi connectivity index (χ4n) is 3.13. The molecule has 0 bridgehead atoms. The van der Waals surface area contributed by atoms with Crippen molar-refractivity contribution < 1.29 is 19.1 Å². The number of esters is 1. The average Bonchev–Trinajstić information content (AvgIpc) is 3.14. The van der Waals surface area contributed by atoms with Crippen LogP contribution < -0.4 is 4.74 Å². The summed E-state index contributed by atoms with van der Waals surface area (Å²) < 4.78 is 10.8. The highest BCUT2D eigenvalue weighted by Gasteiger charge is 2.44. The van der Waals surface area contributed by atoms with Crippen molar-refractivity contribution in [3.63, 3.8) is 0 Å². The fourth-order valence-corrected chi connectivity index (χ4v) is 4.84. The van der Waals surface area contributed by atoms with Crippen molar-refractivity contribution in [1.29, 1.82) is 0 Å². The van der Waals surface area contributed by atoms with E-state index in [0.717, 1.165) is 5.56 Å². The third-order valence-corrected chi connectivity index (χ3v) is 6.49. The summed E-state index contributed by atoms with van der Waals surface area (Å²) in [5.74, 6) is 0.114. The molecule has 29 heavy (non-hydrogen) atoms. The van der Waals surface area contributed by atoms with Crippen molar-refractivity contribution >= 4 is 46.8 Å². The van der Waals surface area contributed by atoms with Gasteiger partial charge >= 0.3 is 5.97 Å². The first-order valence-electron chi connectivity index (χ1n) is 9.06. The van der Waals surface area contributed by atoms with Gasteiger partial charge in [0, 0.05) is 5.75 Å². The highest BCUT2D eigenvalue weighted by atomic mass is 35.5. The van der Waals surface area contributed by atoms with Crippen LogP contribution >= 0.6 is 35.0 Å². The molecule has 154 valence electrons. The van der Waals surface area contributed by atoms with Crippen LogP contribution in [0.3, 0.4) is 0 Å². The van der Waals surface area contributed by atoms with Crippen molar-refractivity contribution in [2.24, 2.45) is 0 Å². The number of para-hydroxylation sites is 1. The molecule has 0 saturated carbocycles. The van der Waals surface area contributed by atoms with Gasteiger partial charge in [-0.1, -0.05) is 41.4 Å². The second-order valence-corrected chi connectivity index (χ2v) is 8.70. The number of amides is 1. The number of carbonyl (C=O) groups is 2. The molecule has 0 spiro atoms. The topological polar surface area (TPSA) is 55.8 Å². The number of carbonyl (C=O) groups excluding carboxylic acids is 2. The number of nitrogens with zero attached hydrogens (tertiary/aromatic N) is 1. The number of rotatable bonds is 5. The van der Waals surface area contributed by atoms with E-state index in [9.17, 15) is 9.59 Å². The molecule has 5 nitrogen and oxygen atoms in total. The quantitative estimate of drug-likeness (QED) is 0.581. The van der Waals surface area contributed by atoms with E-state index in [1.54, 1.807) is 55.1 Å². The van der Waals surface area contributed by atoms with E-state index in [1.165, 1.54) is 18.9 Å². The van der Waals surface area contributed by atoms with E-state index in [4.69, 9.17) is 32.7 Å². The maximum atomic E-state index is 13.5. The van der Waals surface area contributed by atoms with Crippen LogP contribution in [-0.4, -0.2) is 41.8 Å². The van der Waals surface area contributed by atoms with Gasteiger partial charge in [-0.25, -0.2) is 4.79 Å². The molecular weight excluding hydrogens is 433 g/mol. The van der Waals surface area contributed by atoms with Crippen LogP contribution in [0.25, 0.3) is 0 Å². The molecular formula is C21H21Cl2NO4S. The van der Waals surface area contributed by atoms with Crippen molar-refractivity contribution in [2.45, 2.75) is 31.4 Å². The first-order chi connectivity index (χ1) is 13.8. The number of hydrogen-bond acceptors (Lipinski definition) is 5. The molecule has 3 rings (SSSR count). The Balaban J connectivity index is 2.03. The lowest BCUT2D eigenvalue weighted by molar-refractivity contribution is -0.151. The van der Waals surface area contributed by atoms with Gasteiger partial charge in [0.25, 0.3) is 5.91 Å². The molecule has 1 aliphatic heterocycles. The summed E-state index contributed by atoms with van der Waals surface area (Å²) in [7, 11) is 1.51. The Kier molecular flexibility index (Phi) is 6.98. The summed E-state index contributed by atoms with van der Waals surface area (Å²) in [5.41, 5.74) is 1.16. The molecule has 1 saturated heterocycles. The standard InChI is InChI=1S/C21H21Cl2NO4S/c1-12(2)28-21(26)17-11-29-20(13-8-9-15(22)16(23)10-13)24(17)19(25)14-6-4-5-7-18(14)27-3/h4-10,12,17,20H,11H2,1-3H3. The Morgan fingerprint density at radius 1 is 1.14 bits per heavy atom. The summed E-state index contributed by atoms with van der Waals surface area (Å²) in [5, 5.41) is 0.409. The van der Waals surface area contributed by atoms with Crippen molar-refractivity contribution in [3.8, 4) is 5.75 Å². The van der Waals surface area contributed by atoms with Crippen LogP contribution in [0, 0.1) is 0 Å². The minimum absolute atomic E-state index is 0.278. The van der Waals surface area contributed by atoms with Crippen LogP contribution in [-0.2, 0) is 9.53 Å². The second kappa shape index (κ2) is 9.28. The Morgan fingerprint density at radius 3 is 2.52 bits per heavy atom. The first kappa shape index (κ1) is 21.8. The van der Waals surface area contributed by atoms with Gasteiger partial charge in [-0.15, -0.1) is 11.8 Å². The molecule has 2 atom stereocenters. The van der Waals surface area contributed by atoms with Gasteiger partial charge in [0.15, 0.2) is 0 Å². The van der Waals surface area contributed by atoms with Crippen molar-refractivity contribution in [3.05, 3.63) is 63.6 Å². The molecule has 1 aliphatic rings. The molecule has 2 aromatic carbocycles. The number of ether oxygens (including phenoxy) is 2. The van der Waals surface area contributed by atoms with Gasteiger partial charge in [0.2, 0.25) is 0 Å². The summed E-state index contributed by atoms with van der Waals surface area (Å²) in [6.45, 7) is 3.56. The van der Waals surface area contributed by atoms with Gasteiger partial charge in [-0.2, -0.15) is 0 Å². The van der Waals surface area contributed by atoms with Crippen LogP contribution in [0.1, 0.15) is 35.1 Å². The van der Waals surface area contributed by atoms with Crippen molar-refractivity contribution in [2.75, 3.05) is 12.9 Å². The Bertz CT molecular complexity index is 921. The lowest BCUT2D eigenvalue weighted by Gasteiger charge is -2.29. The maximum Gasteiger partial charge on any atom is 0.330 e. The number of halogens is 2. The zero-order valence-corrected chi connectivity index (χ0v) is 18.6. The van der Waals surface area contributed by atoms with Crippen LogP contribution in [0.4, 0.5) is 0 Å². The van der Waals surface area contributed by atoms with E-state index in [-0.39, 0.29) is 12.0 Å². The van der Waals surface area contributed by atoms with Gasteiger partial charge < -0.3 is 14.4 Å². The third kappa shape index (κ3) is 4.65. The molecule has 0 N–H and O–H groups in total. The number of methoxy groups -OCH3 is 1. The third-order valence-electron chi connectivity index (χ3n) is 4.43. The molecule has 1 heterocycles. The van der Waals surface area contributed by atoms with E-state index in [0.29, 0.717) is 27.1 Å². The minimum Gasteiger partial charge on any atom is -0.496 e. The summed E-state index contributed by atoms with van der Waals surface area (Å²) >= 11 is 13.7. The van der Waals surface area contributed by atoms with Gasteiger partial charge in [-0.05, 0) is 43.7 Å². The van der Waals surface area contributed by atoms with Gasteiger partial charge in [0.05, 0.1) is 28.8 Å². The minimum atomic E-state index is -0.723. The van der Waals surface area contributed by atoms with Crippen LogP contribution in [0.15, 0.2) is 42.5 Å². The lowest BCUT2D eigenvalue weighted by Crippen LogP contribution is -2.44. The highest BCUT2D eigenvalue weighted by molar-refractivity contribution is 7.99. The van der Waals surface area contributed by atoms with Crippen molar-refractivity contribution in [1.82, 2.24) is 4.90 Å². The SMILES string of the molecule is COc1ccccc1C(=O)N1C(C(=O)OC(C)C)CSC1c1ccc(Cl)c(Cl)c1. The Hall–Kier alpha value is -1.89. The predicted octanol–water partition coefficient (Wildman–Crippen LogP) is 5.21. The first-order valence-corrected chi connectivity index (χ1v) is 10.9. The van der Waals surface area contributed by atoms with E-state index < -0.39 is 17.4 Å². The molecule has 1 fully saturated rings. The molecule has 0 radical (unpaired) electrons. The van der Waals surface area contributed by atoms with Crippen LogP contribution in [0.2, 0.25) is 10.0 Å². The normalized spacial score (nSPS) is 18.8. The van der Waals surface area contributed by atoms with Gasteiger partial charge in [-0.3, -0.25) is 4.79 Å². The van der Waals surface area contributed by atoms with E-state index in [1.807, 2.05) is 6.07 Å². The highest BCUT2D eigenvalue weighted by Crippen LogP contribution is 2.44. The lowest BCUT2D eigenvalue weighted by atomic mass is 10.1. The summed E-state index contributed by atoms with van der Waals surface area (Å²) in [6.07, 6.45) is -0.278. The average molecular weight is 454 g/mol. The number of benzene rings is 2. The molecule has 0 aromatic heterocycles. The zero-order valence-electron chi connectivity index (χ0n) is 16.2. The molecule has 0 aliphatic carbocycles. The second-order valence-electron chi connectivity index (χ2n) is 6.77.